The van der Waals surface area contributed by atoms with E-state index in [2.05, 4.69) is 31.2 Å². The minimum absolute atomic E-state index is 0.233. The van der Waals surface area contributed by atoms with Crippen LogP contribution in [0.4, 0.5) is 11.6 Å². The number of piperidine rings is 2. The van der Waals surface area contributed by atoms with Gasteiger partial charge in [0.15, 0.2) is 0 Å². The third-order valence-electron chi connectivity index (χ3n) is 6.75. The fraction of sp³-hybridized carbons (Fsp3) is 0.625. The fourth-order valence-corrected chi connectivity index (χ4v) is 4.56. The van der Waals surface area contributed by atoms with Crippen molar-refractivity contribution in [3.05, 3.63) is 46.6 Å². The van der Waals surface area contributed by atoms with Crippen LogP contribution in [-0.4, -0.2) is 69.1 Å². The molecule has 2 aliphatic rings. The maximum Gasteiger partial charge on any atom is 0.349 e. The summed E-state index contributed by atoms with van der Waals surface area (Å²) in [6.45, 7) is 6.90. The van der Waals surface area contributed by atoms with Gasteiger partial charge in [0.25, 0.3) is 0 Å². The summed E-state index contributed by atoms with van der Waals surface area (Å²) in [5.74, 6) is 1.21. The summed E-state index contributed by atoms with van der Waals surface area (Å²) < 4.78 is 1.68. The number of hydrogen-bond acceptors (Lipinski definition) is 8. The molecule has 5 N–H and O–H groups in total. The number of pyridine rings is 1. The van der Waals surface area contributed by atoms with Crippen LogP contribution in [0.5, 0.6) is 0 Å². The largest absolute Gasteiger partial charge is 0.349 e. The van der Waals surface area contributed by atoms with E-state index in [4.69, 9.17) is 11.5 Å². The van der Waals surface area contributed by atoms with E-state index in [1.165, 1.54) is 5.56 Å². The summed E-state index contributed by atoms with van der Waals surface area (Å²) in [5, 5.41) is 3.14. The molecule has 4 heterocycles. The third-order valence-corrected chi connectivity index (χ3v) is 6.75. The van der Waals surface area contributed by atoms with Crippen molar-refractivity contribution in [2.45, 2.75) is 63.7 Å². The quantitative estimate of drug-likeness (QED) is 0.488. The normalized spacial score (nSPS) is 19.1. The molecule has 0 spiro atoms. The molecule has 0 aliphatic carbocycles. The standard InChI is InChI=1S/C24H38N8O/c25-20-5-12-30(13-6-20)10-1-2-11-32-16-9-23(29-24(32)33)28-22-4-3-19(17-27-22)18-31-14-7-21(26)8-15-31/h3-4,9,16-17,20-21H,1-2,5-8,10-15,18,25-26H2,(H,27,28,29,33). The van der Waals surface area contributed by atoms with Crippen molar-refractivity contribution >= 4 is 11.6 Å². The van der Waals surface area contributed by atoms with Gasteiger partial charge in [0.2, 0.25) is 0 Å². The molecular weight excluding hydrogens is 416 g/mol. The topological polar surface area (TPSA) is 118 Å². The van der Waals surface area contributed by atoms with E-state index < -0.39 is 0 Å². The number of hydrogen-bond donors (Lipinski definition) is 3. The third kappa shape index (κ3) is 7.33. The molecule has 0 unspecified atom stereocenters. The van der Waals surface area contributed by atoms with E-state index >= 15 is 0 Å². The number of aryl methyl sites for hydroxylation is 1. The Kier molecular flexibility index (Phi) is 8.44. The van der Waals surface area contributed by atoms with E-state index in [1.807, 2.05) is 24.5 Å². The number of nitrogens with two attached hydrogens (primary N) is 2. The summed E-state index contributed by atoms with van der Waals surface area (Å²) in [7, 11) is 0. The zero-order valence-corrected chi connectivity index (χ0v) is 19.5. The van der Waals surface area contributed by atoms with Gasteiger partial charge in [0, 0.05) is 37.6 Å². The SMILES string of the molecule is NC1CCN(CCCCn2ccc(Nc3ccc(CN4CCC(N)CC4)cn3)nc2=O)CC1. The second-order valence-electron chi connectivity index (χ2n) is 9.47. The fourth-order valence-electron chi connectivity index (χ4n) is 4.56. The number of nitrogens with one attached hydrogen (secondary N) is 1. The van der Waals surface area contributed by atoms with Gasteiger partial charge in [-0.2, -0.15) is 4.98 Å². The minimum atomic E-state index is -0.233. The molecule has 0 bridgehead atoms. The molecule has 2 saturated heterocycles. The lowest BCUT2D eigenvalue weighted by molar-refractivity contribution is 0.205. The van der Waals surface area contributed by atoms with Crippen molar-refractivity contribution < 1.29 is 0 Å². The smallest absolute Gasteiger partial charge is 0.328 e. The van der Waals surface area contributed by atoms with Crippen LogP contribution in [0.15, 0.2) is 35.4 Å². The van der Waals surface area contributed by atoms with Crippen molar-refractivity contribution in [1.29, 1.82) is 0 Å². The Morgan fingerprint density at radius 2 is 1.55 bits per heavy atom. The summed E-state index contributed by atoms with van der Waals surface area (Å²) in [6.07, 6.45) is 10.0. The van der Waals surface area contributed by atoms with Crippen LogP contribution in [0.25, 0.3) is 0 Å². The maximum atomic E-state index is 12.4. The average molecular weight is 455 g/mol. The van der Waals surface area contributed by atoms with Crippen LogP contribution in [0.2, 0.25) is 0 Å². The first kappa shape index (κ1) is 23.8. The van der Waals surface area contributed by atoms with Crippen LogP contribution in [0, 0.1) is 0 Å². The molecule has 0 atom stereocenters. The first-order chi connectivity index (χ1) is 16.0. The lowest BCUT2D eigenvalue weighted by atomic mass is 10.1. The van der Waals surface area contributed by atoms with Crippen LogP contribution in [-0.2, 0) is 13.1 Å². The number of nitrogens with zero attached hydrogens (tertiary/aromatic N) is 5. The zero-order valence-electron chi connectivity index (χ0n) is 19.5. The van der Waals surface area contributed by atoms with Gasteiger partial charge in [-0.3, -0.25) is 9.47 Å². The first-order valence-corrected chi connectivity index (χ1v) is 12.3. The molecular formula is C24H38N8O. The second-order valence-corrected chi connectivity index (χ2v) is 9.47. The van der Waals surface area contributed by atoms with Crippen molar-refractivity contribution in [3.8, 4) is 0 Å². The Morgan fingerprint density at radius 1 is 0.879 bits per heavy atom. The molecule has 0 aromatic carbocycles. The van der Waals surface area contributed by atoms with Gasteiger partial charge in [-0.25, -0.2) is 9.78 Å². The molecule has 33 heavy (non-hydrogen) atoms. The second kappa shape index (κ2) is 11.7. The number of aromatic nitrogens is 3. The van der Waals surface area contributed by atoms with Crippen LogP contribution in [0.3, 0.4) is 0 Å². The molecule has 9 nitrogen and oxygen atoms in total. The van der Waals surface area contributed by atoms with Gasteiger partial charge in [0.1, 0.15) is 11.6 Å². The molecule has 0 radical (unpaired) electrons. The number of rotatable bonds is 9. The minimum Gasteiger partial charge on any atom is -0.328 e. The van der Waals surface area contributed by atoms with Gasteiger partial charge >= 0.3 is 5.69 Å². The number of likely N-dealkylation sites (tertiary alicyclic amines) is 2. The van der Waals surface area contributed by atoms with Crippen molar-refractivity contribution in [2.75, 3.05) is 38.0 Å². The summed E-state index contributed by atoms with van der Waals surface area (Å²) >= 11 is 0. The monoisotopic (exact) mass is 454 g/mol. The van der Waals surface area contributed by atoms with Gasteiger partial charge in [-0.15, -0.1) is 0 Å². The predicted octanol–water partition coefficient (Wildman–Crippen LogP) is 1.51. The van der Waals surface area contributed by atoms with Crippen LogP contribution >= 0.6 is 0 Å². The van der Waals surface area contributed by atoms with E-state index in [9.17, 15) is 4.79 Å². The predicted molar refractivity (Wildman–Crippen MR) is 131 cm³/mol. The van der Waals surface area contributed by atoms with E-state index in [0.717, 1.165) is 77.8 Å². The lowest BCUT2D eigenvalue weighted by Crippen LogP contribution is -2.40. The van der Waals surface area contributed by atoms with Crippen molar-refractivity contribution in [1.82, 2.24) is 24.3 Å². The molecule has 180 valence electrons. The molecule has 2 aromatic rings. The van der Waals surface area contributed by atoms with E-state index in [1.54, 1.807) is 4.57 Å². The summed E-state index contributed by atoms with van der Waals surface area (Å²) in [5.41, 5.74) is 12.9. The number of unbranched alkanes of at least 4 members (excludes halogenated alkanes) is 1. The Morgan fingerprint density at radius 3 is 2.18 bits per heavy atom. The summed E-state index contributed by atoms with van der Waals surface area (Å²) in [4.78, 5) is 26.0. The Hall–Kier alpha value is -2.33. The van der Waals surface area contributed by atoms with Gasteiger partial charge in [-0.05, 0) is 88.9 Å². The van der Waals surface area contributed by atoms with Gasteiger partial charge in [-0.1, -0.05) is 6.07 Å². The van der Waals surface area contributed by atoms with Crippen LogP contribution in [0.1, 0.15) is 44.1 Å². The molecule has 4 rings (SSSR count). The molecule has 2 aliphatic heterocycles. The van der Waals surface area contributed by atoms with Gasteiger partial charge < -0.3 is 21.7 Å². The Bertz CT molecular complexity index is 915. The maximum absolute atomic E-state index is 12.4. The van der Waals surface area contributed by atoms with Crippen molar-refractivity contribution in [3.63, 3.8) is 0 Å². The van der Waals surface area contributed by atoms with Gasteiger partial charge in [0.05, 0.1) is 0 Å². The first-order valence-electron chi connectivity index (χ1n) is 12.3. The Balaban J connectivity index is 1.21. The lowest BCUT2D eigenvalue weighted by Gasteiger charge is -2.29. The van der Waals surface area contributed by atoms with Crippen molar-refractivity contribution in [2.24, 2.45) is 11.5 Å². The Labute approximate surface area is 196 Å². The highest BCUT2D eigenvalue weighted by Crippen LogP contribution is 2.15. The summed E-state index contributed by atoms with van der Waals surface area (Å²) in [6, 6.07) is 6.55. The highest BCUT2D eigenvalue weighted by atomic mass is 16.1. The molecule has 2 aromatic heterocycles. The molecule has 0 saturated carbocycles. The zero-order chi connectivity index (χ0) is 23.0. The van der Waals surface area contributed by atoms with Crippen LogP contribution < -0.4 is 22.5 Å². The molecule has 9 heteroatoms. The van der Waals surface area contributed by atoms with E-state index in [-0.39, 0.29) is 5.69 Å². The van der Waals surface area contributed by atoms with E-state index in [0.29, 0.717) is 30.3 Å². The number of anilines is 2. The molecule has 0 amide bonds. The highest BCUT2D eigenvalue weighted by Gasteiger charge is 2.16. The highest BCUT2D eigenvalue weighted by molar-refractivity contribution is 5.50. The average Bonchev–Trinajstić information content (AvgIpc) is 2.82. The molecule has 2 fully saturated rings.